The normalized spacial score (nSPS) is 15.9. The number of nitrogens with zero attached hydrogens (tertiary/aromatic N) is 7. The zero-order chi connectivity index (χ0) is 27.4. The first-order valence-electron chi connectivity index (χ1n) is 13.3. The summed E-state index contributed by atoms with van der Waals surface area (Å²) in [5.41, 5.74) is 15.0. The molecule has 1 aromatic carbocycles. The highest BCUT2D eigenvalue weighted by Crippen LogP contribution is 2.37. The van der Waals surface area contributed by atoms with Crippen LogP contribution in [-0.2, 0) is 13.1 Å². The first kappa shape index (κ1) is 25.1. The highest BCUT2D eigenvalue weighted by molar-refractivity contribution is 6.10. The lowest BCUT2D eigenvalue weighted by molar-refractivity contribution is 0.0709. The van der Waals surface area contributed by atoms with E-state index in [1.54, 1.807) is 13.3 Å². The molecule has 6 rings (SSSR count). The van der Waals surface area contributed by atoms with Gasteiger partial charge in [-0.15, -0.1) is 0 Å². The number of carbonyl (C=O) groups is 1. The van der Waals surface area contributed by atoms with E-state index < -0.39 is 0 Å². The van der Waals surface area contributed by atoms with Gasteiger partial charge in [0.15, 0.2) is 5.65 Å². The number of amides is 1. The van der Waals surface area contributed by atoms with E-state index in [2.05, 4.69) is 23.1 Å². The van der Waals surface area contributed by atoms with Crippen LogP contribution in [0.3, 0.4) is 0 Å². The highest BCUT2D eigenvalue weighted by Gasteiger charge is 2.32. The van der Waals surface area contributed by atoms with E-state index in [4.69, 9.17) is 20.4 Å². The van der Waals surface area contributed by atoms with Gasteiger partial charge in [-0.3, -0.25) is 14.0 Å². The summed E-state index contributed by atoms with van der Waals surface area (Å²) in [5.74, 6) is 0.927. The van der Waals surface area contributed by atoms with Crippen molar-refractivity contribution < 1.29 is 9.53 Å². The summed E-state index contributed by atoms with van der Waals surface area (Å²) in [4.78, 5) is 28.4. The highest BCUT2D eigenvalue weighted by atomic mass is 16.5. The summed E-state index contributed by atoms with van der Waals surface area (Å²) >= 11 is 0. The molecule has 1 amide bonds. The standard InChI is InChI=1S/C29H34N8O2/c1-17-6-7-22(39-5)18(2)26(17)37-27(30)23(29(38)35-14-15-36-21(16-35)8-11-31-36)25-28(37)33-24(19(3)32-25)20-9-12-34(4)13-10-20/h6-9,11H,10,12-16,30H2,1-5H3. The molecule has 0 radical (unpaired) electrons. The first-order valence-corrected chi connectivity index (χ1v) is 13.3. The number of hydrogen-bond acceptors (Lipinski definition) is 7. The smallest absolute Gasteiger partial charge is 0.260 e. The van der Waals surface area contributed by atoms with E-state index in [0.717, 1.165) is 59.2 Å². The molecular weight excluding hydrogens is 492 g/mol. The number of rotatable bonds is 4. The van der Waals surface area contributed by atoms with Gasteiger partial charge >= 0.3 is 0 Å². The number of hydrogen-bond donors (Lipinski definition) is 1. The quantitative estimate of drug-likeness (QED) is 0.434. The molecule has 0 saturated carbocycles. The number of benzene rings is 1. The Morgan fingerprint density at radius 1 is 1.08 bits per heavy atom. The summed E-state index contributed by atoms with van der Waals surface area (Å²) in [6.45, 7) is 9.46. The fraction of sp³-hybridized carbons (Fsp3) is 0.379. The maximum Gasteiger partial charge on any atom is 0.260 e. The third-order valence-electron chi connectivity index (χ3n) is 7.98. The Labute approximate surface area is 227 Å². The number of aryl methyl sites for hydroxylation is 2. The van der Waals surface area contributed by atoms with Crippen molar-refractivity contribution in [3.05, 3.63) is 64.2 Å². The minimum Gasteiger partial charge on any atom is -0.496 e. The van der Waals surface area contributed by atoms with Crippen molar-refractivity contribution >= 4 is 28.5 Å². The van der Waals surface area contributed by atoms with Crippen LogP contribution in [0.1, 0.15) is 45.0 Å². The van der Waals surface area contributed by atoms with Crippen LogP contribution < -0.4 is 10.5 Å². The van der Waals surface area contributed by atoms with Crippen molar-refractivity contribution in [2.45, 2.75) is 40.3 Å². The van der Waals surface area contributed by atoms with Gasteiger partial charge < -0.3 is 20.3 Å². The molecule has 202 valence electrons. The maximum absolute atomic E-state index is 14.1. The van der Waals surface area contributed by atoms with Crippen molar-refractivity contribution in [2.75, 3.05) is 39.5 Å². The van der Waals surface area contributed by atoms with Gasteiger partial charge in [-0.1, -0.05) is 12.1 Å². The molecule has 2 aliphatic rings. The third-order valence-corrected chi connectivity index (χ3v) is 7.98. The molecule has 39 heavy (non-hydrogen) atoms. The Morgan fingerprint density at radius 3 is 2.64 bits per heavy atom. The molecular formula is C29H34N8O2. The molecule has 0 bridgehead atoms. The Balaban J connectivity index is 1.58. The number of carbonyl (C=O) groups excluding carboxylic acids is 1. The average molecular weight is 527 g/mol. The van der Waals surface area contributed by atoms with Gasteiger partial charge in [-0.25, -0.2) is 9.97 Å². The minimum atomic E-state index is -0.151. The summed E-state index contributed by atoms with van der Waals surface area (Å²) in [6.07, 6.45) is 4.87. The lowest BCUT2D eigenvalue weighted by Crippen LogP contribution is -2.38. The topological polar surface area (TPSA) is 107 Å². The molecule has 10 nitrogen and oxygen atoms in total. The molecule has 0 unspecified atom stereocenters. The number of aromatic nitrogens is 5. The molecule has 0 aliphatic carbocycles. The van der Waals surface area contributed by atoms with Crippen LogP contribution in [0.15, 0.2) is 30.5 Å². The molecule has 0 fully saturated rings. The van der Waals surface area contributed by atoms with Crippen molar-refractivity contribution in [2.24, 2.45) is 0 Å². The summed E-state index contributed by atoms with van der Waals surface area (Å²) in [5, 5.41) is 4.35. The van der Waals surface area contributed by atoms with Gasteiger partial charge in [0.25, 0.3) is 5.91 Å². The second-order valence-electron chi connectivity index (χ2n) is 10.5. The number of anilines is 1. The minimum absolute atomic E-state index is 0.151. The maximum atomic E-state index is 14.1. The number of methoxy groups -OCH3 is 1. The van der Waals surface area contributed by atoms with Crippen LogP contribution in [0.5, 0.6) is 5.75 Å². The van der Waals surface area contributed by atoms with Gasteiger partial charge in [0, 0.05) is 31.4 Å². The molecule has 3 aromatic heterocycles. The van der Waals surface area contributed by atoms with E-state index in [1.165, 1.54) is 5.57 Å². The van der Waals surface area contributed by atoms with Gasteiger partial charge in [-0.05, 0) is 57.5 Å². The molecule has 2 N–H and O–H groups in total. The SMILES string of the molecule is COc1ccc(C)c(-n2c(N)c(C(=O)N3CCn4nccc4C3)c3nc(C)c(C4=CCN(C)CC4)nc32)c1C. The Morgan fingerprint density at radius 2 is 1.90 bits per heavy atom. The van der Waals surface area contributed by atoms with Crippen LogP contribution in [-0.4, -0.2) is 73.8 Å². The number of ether oxygens (including phenoxy) is 1. The van der Waals surface area contributed by atoms with Crippen molar-refractivity contribution in [1.82, 2.24) is 34.1 Å². The number of fused-ring (bicyclic) bond motifs is 2. The fourth-order valence-corrected chi connectivity index (χ4v) is 5.81. The van der Waals surface area contributed by atoms with Crippen LogP contribution in [0.25, 0.3) is 22.4 Å². The Hall–Kier alpha value is -4.18. The summed E-state index contributed by atoms with van der Waals surface area (Å²) in [6, 6.07) is 5.89. The van der Waals surface area contributed by atoms with E-state index in [-0.39, 0.29) is 5.91 Å². The lowest BCUT2D eigenvalue weighted by Gasteiger charge is -2.27. The number of likely N-dealkylation sites (N-methyl/N-ethyl adjacent to an activating group) is 1. The van der Waals surface area contributed by atoms with E-state index in [1.807, 2.05) is 53.1 Å². The molecule has 2 aliphatic heterocycles. The summed E-state index contributed by atoms with van der Waals surface area (Å²) in [7, 11) is 3.77. The van der Waals surface area contributed by atoms with Crippen LogP contribution >= 0.6 is 0 Å². The molecule has 5 heterocycles. The molecule has 10 heteroatoms. The van der Waals surface area contributed by atoms with Gasteiger partial charge in [0.2, 0.25) is 0 Å². The zero-order valence-corrected chi connectivity index (χ0v) is 23.2. The van der Waals surface area contributed by atoms with Gasteiger partial charge in [0.1, 0.15) is 22.6 Å². The van der Waals surface area contributed by atoms with Crippen molar-refractivity contribution in [3.63, 3.8) is 0 Å². The Bertz CT molecular complexity index is 1650. The molecule has 0 spiro atoms. The van der Waals surface area contributed by atoms with Crippen LogP contribution in [0, 0.1) is 20.8 Å². The Kier molecular flexibility index (Phi) is 6.14. The molecule has 0 saturated heterocycles. The second kappa shape index (κ2) is 9.53. The fourth-order valence-electron chi connectivity index (χ4n) is 5.81. The summed E-state index contributed by atoms with van der Waals surface area (Å²) < 4.78 is 9.48. The van der Waals surface area contributed by atoms with Gasteiger partial charge in [-0.2, -0.15) is 5.10 Å². The first-order chi connectivity index (χ1) is 18.8. The molecule has 0 atom stereocenters. The second-order valence-corrected chi connectivity index (χ2v) is 10.5. The van der Waals surface area contributed by atoms with E-state index in [0.29, 0.717) is 42.2 Å². The predicted octanol–water partition coefficient (Wildman–Crippen LogP) is 3.51. The van der Waals surface area contributed by atoms with E-state index >= 15 is 0 Å². The van der Waals surface area contributed by atoms with Gasteiger partial charge in [0.05, 0.1) is 43.0 Å². The predicted molar refractivity (Wildman–Crippen MR) is 151 cm³/mol. The lowest BCUT2D eigenvalue weighted by atomic mass is 10.0. The number of nitrogen functional groups attached to an aromatic ring is 1. The van der Waals surface area contributed by atoms with Crippen molar-refractivity contribution in [3.8, 4) is 11.4 Å². The largest absolute Gasteiger partial charge is 0.496 e. The monoisotopic (exact) mass is 526 g/mol. The third kappa shape index (κ3) is 4.06. The van der Waals surface area contributed by atoms with Crippen LogP contribution in [0.2, 0.25) is 0 Å². The van der Waals surface area contributed by atoms with Crippen molar-refractivity contribution in [1.29, 1.82) is 0 Å². The van der Waals surface area contributed by atoms with E-state index in [9.17, 15) is 4.79 Å². The van der Waals surface area contributed by atoms with Crippen LogP contribution in [0.4, 0.5) is 5.82 Å². The zero-order valence-electron chi connectivity index (χ0n) is 23.2. The average Bonchev–Trinajstić information content (AvgIpc) is 3.50. The number of nitrogens with two attached hydrogens (primary N) is 1. The molecule has 4 aromatic rings.